The smallest absolute Gasteiger partial charge is 0.317 e. The number of rotatable bonds is 7. The molecule has 1 aliphatic rings. The normalized spacial score (nSPS) is 14.6. The highest BCUT2D eigenvalue weighted by Crippen LogP contribution is 2.17. The Morgan fingerprint density at radius 3 is 3.00 bits per heavy atom. The molecular weight excluding hydrogens is 242 g/mol. The van der Waals surface area contributed by atoms with Gasteiger partial charge in [-0.25, -0.2) is 4.79 Å². The summed E-state index contributed by atoms with van der Waals surface area (Å²) >= 11 is 0. The molecule has 2 amide bonds. The molecule has 1 saturated heterocycles. The lowest BCUT2D eigenvalue weighted by atomic mass is 10.2. The van der Waals surface area contributed by atoms with Crippen molar-refractivity contribution in [2.45, 2.75) is 13.5 Å². The van der Waals surface area contributed by atoms with Crippen LogP contribution in [0.2, 0.25) is 0 Å². The highest BCUT2D eigenvalue weighted by molar-refractivity contribution is 5.76. The Hall–Kier alpha value is -1.75. The van der Waals surface area contributed by atoms with Crippen LogP contribution in [0.1, 0.15) is 12.5 Å². The fraction of sp³-hybridized carbons (Fsp3) is 0.500. The Morgan fingerprint density at radius 2 is 2.26 bits per heavy atom. The van der Waals surface area contributed by atoms with Gasteiger partial charge in [0.1, 0.15) is 12.4 Å². The SMILES string of the molecule is CCNCc1ccccc1OCCN1CCNC1=O. The van der Waals surface area contributed by atoms with E-state index in [0.717, 1.165) is 37.5 Å². The van der Waals surface area contributed by atoms with E-state index in [1.54, 1.807) is 4.90 Å². The molecule has 0 aromatic heterocycles. The van der Waals surface area contributed by atoms with Crippen LogP contribution in [-0.4, -0.2) is 43.7 Å². The lowest BCUT2D eigenvalue weighted by Gasteiger charge is -2.16. The summed E-state index contributed by atoms with van der Waals surface area (Å²) in [5, 5.41) is 6.07. The molecular formula is C14H21N3O2. The molecule has 2 N–H and O–H groups in total. The Labute approximate surface area is 113 Å². The number of ether oxygens (including phenoxy) is 1. The number of benzene rings is 1. The zero-order valence-electron chi connectivity index (χ0n) is 11.3. The first-order valence-electron chi connectivity index (χ1n) is 6.75. The fourth-order valence-corrected chi connectivity index (χ4v) is 2.04. The number of hydrogen-bond acceptors (Lipinski definition) is 3. The van der Waals surface area contributed by atoms with Crippen LogP contribution in [0.4, 0.5) is 4.79 Å². The number of nitrogens with one attached hydrogen (secondary N) is 2. The minimum Gasteiger partial charge on any atom is -0.491 e. The van der Waals surface area contributed by atoms with Crippen molar-refractivity contribution in [2.24, 2.45) is 0 Å². The summed E-state index contributed by atoms with van der Waals surface area (Å²) in [5.41, 5.74) is 1.15. The number of urea groups is 1. The van der Waals surface area contributed by atoms with Crippen LogP contribution in [0.25, 0.3) is 0 Å². The molecule has 1 aromatic rings. The van der Waals surface area contributed by atoms with Gasteiger partial charge in [0, 0.05) is 25.2 Å². The summed E-state index contributed by atoms with van der Waals surface area (Å²) in [6.45, 7) is 6.46. The Balaban J connectivity index is 1.83. The standard InChI is InChI=1S/C14H21N3O2/c1-2-15-11-12-5-3-4-6-13(12)19-10-9-17-8-7-16-14(17)18/h3-6,15H,2,7-11H2,1H3,(H,16,18). The van der Waals surface area contributed by atoms with Crippen LogP contribution in [0.15, 0.2) is 24.3 Å². The van der Waals surface area contributed by atoms with Gasteiger partial charge < -0.3 is 20.3 Å². The molecule has 0 spiro atoms. The molecule has 1 aliphatic heterocycles. The largest absolute Gasteiger partial charge is 0.491 e. The van der Waals surface area contributed by atoms with Crippen molar-refractivity contribution in [1.82, 2.24) is 15.5 Å². The number of hydrogen-bond donors (Lipinski definition) is 2. The lowest BCUT2D eigenvalue weighted by Crippen LogP contribution is -2.32. The van der Waals surface area contributed by atoms with Crippen LogP contribution < -0.4 is 15.4 Å². The molecule has 1 heterocycles. The van der Waals surface area contributed by atoms with E-state index in [2.05, 4.69) is 23.6 Å². The molecule has 104 valence electrons. The third-order valence-corrected chi connectivity index (χ3v) is 3.10. The lowest BCUT2D eigenvalue weighted by molar-refractivity contribution is 0.202. The molecule has 1 aromatic carbocycles. The summed E-state index contributed by atoms with van der Waals surface area (Å²) in [7, 11) is 0. The predicted molar refractivity (Wildman–Crippen MR) is 74.3 cm³/mol. The topological polar surface area (TPSA) is 53.6 Å². The van der Waals surface area contributed by atoms with Gasteiger partial charge in [0.15, 0.2) is 0 Å². The van der Waals surface area contributed by atoms with Gasteiger partial charge in [0.2, 0.25) is 0 Å². The van der Waals surface area contributed by atoms with Gasteiger partial charge in [0.25, 0.3) is 0 Å². The molecule has 0 bridgehead atoms. The third-order valence-electron chi connectivity index (χ3n) is 3.10. The summed E-state index contributed by atoms with van der Waals surface area (Å²) in [6.07, 6.45) is 0. The zero-order chi connectivity index (χ0) is 13.5. The van der Waals surface area contributed by atoms with Crippen LogP contribution >= 0.6 is 0 Å². The van der Waals surface area contributed by atoms with Gasteiger partial charge in [-0.2, -0.15) is 0 Å². The van der Waals surface area contributed by atoms with E-state index in [0.29, 0.717) is 13.2 Å². The maximum absolute atomic E-state index is 11.4. The molecule has 5 nitrogen and oxygen atoms in total. The van der Waals surface area contributed by atoms with E-state index in [1.165, 1.54) is 0 Å². The summed E-state index contributed by atoms with van der Waals surface area (Å²) in [6, 6.07) is 8.00. The van der Waals surface area contributed by atoms with Crippen molar-refractivity contribution in [2.75, 3.05) is 32.8 Å². The maximum atomic E-state index is 11.4. The number of nitrogens with zero attached hydrogens (tertiary/aromatic N) is 1. The third kappa shape index (κ3) is 3.86. The van der Waals surface area contributed by atoms with Gasteiger partial charge in [-0.15, -0.1) is 0 Å². The number of carbonyl (C=O) groups is 1. The van der Waals surface area contributed by atoms with Crippen molar-refractivity contribution >= 4 is 6.03 Å². The average Bonchev–Trinajstić information content (AvgIpc) is 2.83. The quantitative estimate of drug-likeness (QED) is 0.777. The predicted octanol–water partition coefficient (Wildman–Crippen LogP) is 1.20. The van der Waals surface area contributed by atoms with Gasteiger partial charge in [0.05, 0.1) is 6.54 Å². The molecule has 0 atom stereocenters. The van der Waals surface area contributed by atoms with Gasteiger partial charge in [-0.1, -0.05) is 25.1 Å². The van der Waals surface area contributed by atoms with Crippen molar-refractivity contribution in [3.05, 3.63) is 29.8 Å². The van der Waals surface area contributed by atoms with Crippen molar-refractivity contribution in [1.29, 1.82) is 0 Å². The minimum absolute atomic E-state index is 0.00420. The van der Waals surface area contributed by atoms with Crippen LogP contribution in [0.5, 0.6) is 5.75 Å². The number of para-hydroxylation sites is 1. The van der Waals surface area contributed by atoms with Crippen molar-refractivity contribution in [3.63, 3.8) is 0 Å². The minimum atomic E-state index is 0.00420. The Kier molecular flexibility index (Phi) is 5.03. The van der Waals surface area contributed by atoms with Gasteiger partial charge in [-0.3, -0.25) is 0 Å². The molecule has 19 heavy (non-hydrogen) atoms. The molecule has 5 heteroatoms. The first-order chi connectivity index (χ1) is 9.31. The maximum Gasteiger partial charge on any atom is 0.317 e. The first-order valence-corrected chi connectivity index (χ1v) is 6.75. The highest BCUT2D eigenvalue weighted by Gasteiger charge is 2.18. The molecule has 0 aliphatic carbocycles. The van der Waals surface area contributed by atoms with E-state index >= 15 is 0 Å². The Bertz CT molecular complexity index is 423. The number of carbonyl (C=O) groups excluding carboxylic acids is 1. The highest BCUT2D eigenvalue weighted by atomic mass is 16.5. The van der Waals surface area contributed by atoms with Gasteiger partial charge >= 0.3 is 6.03 Å². The van der Waals surface area contributed by atoms with Crippen molar-refractivity contribution < 1.29 is 9.53 Å². The molecule has 2 rings (SSSR count). The van der Waals surface area contributed by atoms with Crippen LogP contribution in [0.3, 0.4) is 0 Å². The summed E-state index contributed by atoms with van der Waals surface area (Å²) in [5.74, 6) is 0.892. The zero-order valence-corrected chi connectivity index (χ0v) is 11.3. The molecule has 0 unspecified atom stereocenters. The summed E-state index contributed by atoms with van der Waals surface area (Å²) < 4.78 is 5.78. The number of amides is 2. The summed E-state index contributed by atoms with van der Waals surface area (Å²) in [4.78, 5) is 13.1. The monoisotopic (exact) mass is 263 g/mol. The van der Waals surface area contributed by atoms with Crippen LogP contribution in [-0.2, 0) is 6.54 Å². The Morgan fingerprint density at radius 1 is 1.42 bits per heavy atom. The van der Waals surface area contributed by atoms with E-state index in [1.807, 2.05) is 18.2 Å². The molecule has 0 radical (unpaired) electrons. The molecule has 0 saturated carbocycles. The average molecular weight is 263 g/mol. The molecule has 1 fully saturated rings. The second-order valence-electron chi connectivity index (χ2n) is 4.46. The van der Waals surface area contributed by atoms with E-state index in [4.69, 9.17) is 4.74 Å². The second kappa shape index (κ2) is 6.99. The first kappa shape index (κ1) is 13.7. The van der Waals surface area contributed by atoms with E-state index in [-0.39, 0.29) is 6.03 Å². The fourth-order valence-electron chi connectivity index (χ4n) is 2.04. The van der Waals surface area contributed by atoms with Crippen molar-refractivity contribution in [3.8, 4) is 5.75 Å². The van der Waals surface area contributed by atoms with Crippen LogP contribution in [0, 0.1) is 0 Å². The van der Waals surface area contributed by atoms with E-state index in [9.17, 15) is 4.79 Å². The second-order valence-corrected chi connectivity index (χ2v) is 4.46. The van der Waals surface area contributed by atoms with Gasteiger partial charge in [-0.05, 0) is 12.6 Å². The van der Waals surface area contributed by atoms with E-state index < -0.39 is 0 Å².